The van der Waals surface area contributed by atoms with Crippen LogP contribution in [0.4, 0.5) is 0 Å². The standard InChI is InChI=1S/2C4H8O4.C3H6O3/c2*5-1-3(7)4(8)2-6;4-1-3(6)2-5/h2*1,3-4,6-8H,2H2;1,3,5-6H,2H2/t3-,4+;3-,4-;/m01./s1. The number of aliphatic hydroxyl groups excluding tert-OH is 8. The van der Waals surface area contributed by atoms with Gasteiger partial charge in [-0.2, -0.15) is 0 Å². The van der Waals surface area contributed by atoms with E-state index in [1.165, 1.54) is 0 Å². The number of carbonyl (C=O) groups excluding carboxylic acids is 3. The molecule has 132 valence electrons. The van der Waals surface area contributed by atoms with Crippen LogP contribution in [-0.2, 0) is 14.4 Å². The highest BCUT2D eigenvalue weighted by Crippen LogP contribution is 1.86. The Kier molecular flexibility index (Phi) is 20.7. The van der Waals surface area contributed by atoms with Gasteiger partial charge in [0.1, 0.15) is 30.5 Å². The van der Waals surface area contributed by atoms with Crippen molar-refractivity contribution in [3.05, 3.63) is 0 Å². The van der Waals surface area contributed by atoms with Crippen LogP contribution in [0, 0.1) is 0 Å². The summed E-state index contributed by atoms with van der Waals surface area (Å²) < 4.78 is 0. The molecule has 0 bridgehead atoms. The third-order valence-electron chi connectivity index (χ3n) is 1.79. The fraction of sp³-hybridized carbons (Fsp3) is 0.727. The number of hydrogen-bond acceptors (Lipinski definition) is 11. The lowest BCUT2D eigenvalue weighted by molar-refractivity contribution is -0.122. The average molecular weight is 330 g/mol. The molecule has 0 saturated heterocycles. The summed E-state index contributed by atoms with van der Waals surface area (Å²) in [6, 6.07) is 0. The molecule has 0 aliphatic rings. The zero-order chi connectivity index (χ0) is 18.1. The van der Waals surface area contributed by atoms with Crippen LogP contribution >= 0.6 is 0 Å². The van der Waals surface area contributed by atoms with E-state index in [1.54, 1.807) is 0 Å². The van der Waals surface area contributed by atoms with Crippen molar-refractivity contribution in [1.82, 2.24) is 0 Å². The highest BCUT2D eigenvalue weighted by molar-refractivity contribution is 5.56. The average Bonchev–Trinajstić information content (AvgIpc) is 2.58. The van der Waals surface area contributed by atoms with Crippen molar-refractivity contribution in [2.75, 3.05) is 19.8 Å². The van der Waals surface area contributed by atoms with Crippen LogP contribution in [-0.4, -0.2) is 110 Å². The fourth-order valence-electron chi connectivity index (χ4n) is 0.440. The molecule has 0 aromatic heterocycles. The Hall–Kier alpha value is -1.31. The first-order chi connectivity index (χ1) is 10.2. The van der Waals surface area contributed by atoms with E-state index in [0.29, 0.717) is 0 Å². The van der Waals surface area contributed by atoms with E-state index >= 15 is 0 Å². The maximum absolute atomic E-state index is 9.58. The molecule has 0 heterocycles. The van der Waals surface area contributed by atoms with Gasteiger partial charge in [0.2, 0.25) is 0 Å². The van der Waals surface area contributed by atoms with Crippen molar-refractivity contribution < 1.29 is 55.2 Å². The quantitative estimate of drug-likeness (QED) is 0.196. The molecule has 22 heavy (non-hydrogen) atoms. The van der Waals surface area contributed by atoms with Crippen molar-refractivity contribution in [2.24, 2.45) is 0 Å². The highest BCUT2D eigenvalue weighted by atomic mass is 16.4. The predicted molar refractivity (Wildman–Crippen MR) is 69.5 cm³/mol. The second kappa shape index (κ2) is 17.7. The molecule has 0 spiro atoms. The predicted octanol–water partition coefficient (Wildman–Crippen LogP) is -5.66. The smallest absolute Gasteiger partial charge is 0.151 e. The second-order valence-electron chi connectivity index (χ2n) is 3.64. The van der Waals surface area contributed by atoms with Crippen LogP contribution in [0.25, 0.3) is 0 Å². The van der Waals surface area contributed by atoms with E-state index in [9.17, 15) is 14.4 Å². The molecule has 0 radical (unpaired) electrons. The van der Waals surface area contributed by atoms with Gasteiger partial charge in [-0.25, -0.2) is 0 Å². The first-order valence-corrected chi connectivity index (χ1v) is 5.84. The molecule has 8 N–H and O–H groups in total. The third-order valence-corrected chi connectivity index (χ3v) is 1.79. The number of carbonyl (C=O) groups is 3. The zero-order valence-corrected chi connectivity index (χ0v) is 11.5. The normalized spacial score (nSPS) is 16.4. The molecule has 5 atom stereocenters. The van der Waals surface area contributed by atoms with E-state index in [4.69, 9.17) is 40.9 Å². The number of aldehydes is 3. The monoisotopic (exact) mass is 330 g/mol. The summed E-state index contributed by atoms with van der Waals surface area (Å²) in [5, 5.41) is 65.5. The van der Waals surface area contributed by atoms with Gasteiger partial charge >= 0.3 is 0 Å². The third kappa shape index (κ3) is 16.7. The highest BCUT2D eigenvalue weighted by Gasteiger charge is 2.12. The van der Waals surface area contributed by atoms with Gasteiger partial charge in [0.25, 0.3) is 0 Å². The molecule has 1 unspecified atom stereocenters. The molecule has 0 amide bonds. The van der Waals surface area contributed by atoms with E-state index in [-0.39, 0.29) is 18.9 Å². The molecule has 11 nitrogen and oxygen atoms in total. The van der Waals surface area contributed by atoms with E-state index < -0.39 is 50.3 Å². The molecule has 0 aromatic carbocycles. The van der Waals surface area contributed by atoms with Crippen LogP contribution in [0.1, 0.15) is 0 Å². The first-order valence-electron chi connectivity index (χ1n) is 5.84. The van der Waals surface area contributed by atoms with Gasteiger partial charge in [-0.1, -0.05) is 0 Å². The summed E-state index contributed by atoms with van der Waals surface area (Å²) in [5.74, 6) is 0. The van der Waals surface area contributed by atoms with Crippen molar-refractivity contribution in [3.8, 4) is 0 Å². The van der Waals surface area contributed by atoms with Gasteiger partial charge in [-0.05, 0) is 0 Å². The first kappa shape index (κ1) is 25.6. The molecule has 0 rings (SSSR count). The van der Waals surface area contributed by atoms with Crippen molar-refractivity contribution >= 4 is 18.9 Å². The number of rotatable bonds is 8. The molecular formula is C11H22O11. The second-order valence-corrected chi connectivity index (χ2v) is 3.64. The number of hydrogen-bond donors (Lipinski definition) is 8. The van der Waals surface area contributed by atoms with E-state index in [2.05, 4.69) is 0 Å². The zero-order valence-electron chi connectivity index (χ0n) is 11.5. The molecule has 0 aliphatic heterocycles. The summed E-state index contributed by atoms with van der Waals surface area (Å²) in [5.41, 5.74) is 0. The SMILES string of the molecule is O=CC(O)CO.O=C[C@@H](O)[C@H](O)CO.O=C[C@H](O)[C@H](O)CO. The Labute approximate surface area is 125 Å². The van der Waals surface area contributed by atoms with Crippen molar-refractivity contribution in [3.63, 3.8) is 0 Å². The fourth-order valence-corrected chi connectivity index (χ4v) is 0.440. The lowest BCUT2D eigenvalue weighted by Gasteiger charge is -2.06. The summed E-state index contributed by atoms with van der Waals surface area (Å²) in [4.78, 5) is 28.5. The van der Waals surface area contributed by atoms with E-state index in [1.807, 2.05) is 0 Å². The molecule has 0 saturated carbocycles. The molecular weight excluding hydrogens is 308 g/mol. The Balaban J connectivity index is -0.000000249. The Morgan fingerprint density at radius 1 is 0.591 bits per heavy atom. The Morgan fingerprint density at radius 3 is 0.955 bits per heavy atom. The van der Waals surface area contributed by atoms with Gasteiger partial charge in [0.15, 0.2) is 18.9 Å². The number of aliphatic hydroxyl groups is 8. The van der Waals surface area contributed by atoms with Gasteiger partial charge in [0, 0.05) is 0 Å². The van der Waals surface area contributed by atoms with E-state index in [0.717, 1.165) is 0 Å². The molecule has 0 fully saturated rings. The Bertz CT molecular complexity index is 253. The van der Waals surface area contributed by atoms with Crippen LogP contribution in [0.3, 0.4) is 0 Å². The van der Waals surface area contributed by atoms with Crippen molar-refractivity contribution in [1.29, 1.82) is 0 Å². The lowest BCUT2D eigenvalue weighted by atomic mass is 10.2. The van der Waals surface area contributed by atoms with Crippen LogP contribution < -0.4 is 0 Å². The Morgan fingerprint density at radius 2 is 0.909 bits per heavy atom. The summed E-state index contributed by atoms with van der Waals surface area (Å²) >= 11 is 0. The lowest BCUT2D eigenvalue weighted by Crippen LogP contribution is -2.30. The topological polar surface area (TPSA) is 213 Å². The van der Waals surface area contributed by atoms with Gasteiger partial charge in [-0.3, -0.25) is 0 Å². The van der Waals surface area contributed by atoms with Gasteiger partial charge in [0.05, 0.1) is 19.8 Å². The summed E-state index contributed by atoms with van der Waals surface area (Å²) in [7, 11) is 0. The summed E-state index contributed by atoms with van der Waals surface area (Å²) in [6.07, 6.45) is -6.17. The van der Waals surface area contributed by atoms with Crippen molar-refractivity contribution in [2.45, 2.75) is 30.5 Å². The maximum atomic E-state index is 9.58. The molecule has 0 aliphatic carbocycles. The maximum Gasteiger partial charge on any atom is 0.151 e. The minimum atomic E-state index is -1.46. The summed E-state index contributed by atoms with van der Waals surface area (Å²) in [6.45, 7) is -1.68. The molecule has 0 aromatic rings. The van der Waals surface area contributed by atoms with Crippen LogP contribution in [0.15, 0.2) is 0 Å². The van der Waals surface area contributed by atoms with Crippen LogP contribution in [0.2, 0.25) is 0 Å². The molecule has 11 heteroatoms. The van der Waals surface area contributed by atoms with Gasteiger partial charge < -0.3 is 55.2 Å². The van der Waals surface area contributed by atoms with Crippen LogP contribution in [0.5, 0.6) is 0 Å². The largest absolute Gasteiger partial charge is 0.394 e. The minimum Gasteiger partial charge on any atom is -0.394 e. The minimum absolute atomic E-state index is 0.168. The van der Waals surface area contributed by atoms with Gasteiger partial charge in [-0.15, -0.1) is 0 Å².